The standard InChI is InChI=1S/C11H16N2O/c1-14-11-3-2-9(12)6-10(11)8-4-5-13-7-8/h2-3,6,8,13H,4-5,7,12H2,1H3. The third-order valence-corrected chi connectivity index (χ3v) is 2.75. The third-order valence-electron chi connectivity index (χ3n) is 2.75. The van der Waals surface area contributed by atoms with Gasteiger partial charge in [0.15, 0.2) is 0 Å². The van der Waals surface area contributed by atoms with E-state index in [0.29, 0.717) is 5.92 Å². The van der Waals surface area contributed by atoms with Crippen molar-refractivity contribution in [3.63, 3.8) is 0 Å². The van der Waals surface area contributed by atoms with Crippen LogP contribution in [0.1, 0.15) is 17.9 Å². The van der Waals surface area contributed by atoms with Gasteiger partial charge < -0.3 is 15.8 Å². The van der Waals surface area contributed by atoms with Crippen LogP contribution in [0.5, 0.6) is 5.75 Å². The van der Waals surface area contributed by atoms with Crippen LogP contribution in [0.15, 0.2) is 18.2 Å². The van der Waals surface area contributed by atoms with E-state index in [0.717, 1.165) is 24.5 Å². The maximum atomic E-state index is 5.77. The van der Waals surface area contributed by atoms with Crippen molar-refractivity contribution in [3.05, 3.63) is 23.8 Å². The Morgan fingerprint density at radius 3 is 3.00 bits per heavy atom. The number of hydrogen-bond donors (Lipinski definition) is 2. The van der Waals surface area contributed by atoms with E-state index in [1.54, 1.807) is 7.11 Å². The molecule has 0 aromatic heterocycles. The fraction of sp³-hybridized carbons (Fsp3) is 0.455. The summed E-state index contributed by atoms with van der Waals surface area (Å²) in [5.74, 6) is 1.50. The van der Waals surface area contributed by atoms with Crippen LogP contribution >= 0.6 is 0 Å². The molecule has 14 heavy (non-hydrogen) atoms. The first-order valence-electron chi connectivity index (χ1n) is 4.95. The van der Waals surface area contributed by atoms with Crippen molar-refractivity contribution in [2.75, 3.05) is 25.9 Å². The Balaban J connectivity index is 2.33. The molecule has 0 aliphatic carbocycles. The minimum atomic E-state index is 0.549. The van der Waals surface area contributed by atoms with Gasteiger partial charge in [0.2, 0.25) is 0 Å². The number of benzene rings is 1. The van der Waals surface area contributed by atoms with E-state index in [2.05, 4.69) is 5.32 Å². The van der Waals surface area contributed by atoms with Crippen LogP contribution < -0.4 is 15.8 Å². The summed E-state index contributed by atoms with van der Waals surface area (Å²) in [5.41, 5.74) is 7.82. The van der Waals surface area contributed by atoms with Gasteiger partial charge in [0.1, 0.15) is 5.75 Å². The first kappa shape index (κ1) is 9.34. The van der Waals surface area contributed by atoms with E-state index in [9.17, 15) is 0 Å². The van der Waals surface area contributed by atoms with Gasteiger partial charge in [-0.1, -0.05) is 0 Å². The summed E-state index contributed by atoms with van der Waals surface area (Å²) in [5, 5.41) is 3.35. The van der Waals surface area contributed by atoms with E-state index in [1.165, 1.54) is 12.0 Å². The van der Waals surface area contributed by atoms with Crippen LogP contribution in [-0.2, 0) is 0 Å². The Bertz CT molecular complexity index is 319. The zero-order valence-electron chi connectivity index (χ0n) is 8.42. The third kappa shape index (κ3) is 1.68. The van der Waals surface area contributed by atoms with Crippen LogP contribution in [0.2, 0.25) is 0 Å². The van der Waals surface area contributed by atoms with Crippen molar-refractivity contribution in [3.8, 4) is 5.75 Å². The van der Waals surface area contributed by atoms with Gasteiger partial charge in [-0.05, 0) is 31.2 Å². The van der Waals surface area contributed by atoms with Crippen LogP contribution in [0, 0.1) is 0 Å². The molecule has 0 spiro atoms. The van der Waals surface area contributed by atoms with E-state index in [1.807, 2.05) is 18.2 Å². The van der Waals surface area contributed by atoms with E-state index < -0.39 is 0 Å². The molecule has 0 bridgehead atoms. The molecule has 1 aromatic carbocycles. The normalized spacial score (nSPS) is 21.1. The van der Waals surface area contributed by atoms with Gasteiger partial charge in [0.25, 0.3) is 0 Å². The highest BCUT2D eigenvalue weighted by Crippen LogP contribution is 2.31. The number of methoxy groups -OCH3 is 1. The molecule has 0 amide bonds. The van der Waals surface area contributed by atoms with E-state index in [4.69, 9.17) is 10.5 Å². The zero-order chi connectivity index (χ0) is 9.97. The summed E-state index contributed by atoms with van der Waals surface area (Å²) in [6.45, 7) is 2.11. The molecular formula is C11H16N2O. The fourth-order valence-corrected chi connectivity index (χ4v) is 1.99. The SMILES string of the molecule is COc1ccc(N)cc1C1CCNC1. The Hall–Kier alpha value is -1.22. The average molecular weight is 192 g/mol. The summed E-state index contributed by atoms with van der Waals surface area (Å²) in [4.78, 5) is 0. The lowest BCUT2D eigenvalue weighted by atomic mass is 9.97. The monoisotopic (exact) mass is 192 g/mol. The molecule has 3 nitrogen and oxygen atoms in total. The topological polar surface area (TPSA) is 47.3 Å². The van der Waals surface area contributed by atoms with Crippen LogP contribution in [-0.4, -0.2) is 20.2 Å². The number of ether oxygens (including phenoxy) is 1. The molecule has 1 unspecified atom stereocenters. The predicted molar refractivity (Wildman–Crippen MR) is 57.6 cm³/mol. The Labute approximate surface area is 84.3 Å². The van der Waals surface area contributed by atoms with Crippen LogP contribution in [0.25, 0.3) is 0 Å². The molecule has 1 atom stereocenters. The Morgan fingerprint density at radius 1 is 1.50 bits per heavy atom. The minimum absolute atomic E-state index is 0.549. The second-order valence-corrected chi connectivity index (χ2v) is 3.69. The summed E-state index contributed by atoms with van der Waals surface area (Å²) < 4.78 is 5.33. The Kier molecular flexibility index (Phi) is 2.59. The van der Waals surface area contributed by atoms with Gasteiger partial charge >= 0.3 is 0 Å². The summed E-state index contributed by atoms with van der Waals surface area (Å²) in [6, 6.07) is 5.85. The number of hydrogen-bond acceptors (Lipinski definition) is 3. The lowest BCUT2D eigenvalue weighted by Crippen LogP contribution is -2.09. The highest BCUT2D eigenvalue weighted by molar-refractivity contribution is 5.49. The average Bonchev–Trinajstić information content (AvgIpc) is 2.70. The van der Waals surface area contributed by atoms with Crippen LogP contribution in [0.4, 0.5) is 5.69 Å². The number of anilines is 1. The van der Waals surface area contributed by atoms with Crippen molar-refractivity contribution in [1.29, 1.82) is 0 Å². The molecule has 1 aliphatic rings. The second-order valence-electron chi connectivity index (χ2n) is 3.69. The van der Waals surface area contributed by atoms with Crippen LogP contribution in [0.3, 0.4) is 0 Å². The number of nitrogens with one attached hydrogen (secondary N) is 1. The molecule has 1 aromatic rings. The first-order valence-corrected chi connectivity index (χ1v) is 4.95. The fourth-order valence-electron chi connectivity index (χ4n) is 1.99. The van der Waals surface area contributed by atoms with Gasteiger partial charge in [-0.3, -0.25) is 0 Å². The molecule has 0 radical (unpaired) electrons. The van der Waals surface area contributed by atoms with Gasteiger partial charge in [0.05, 0.1) is 7.11 Å². The Morgan fingerprint density at radius 2 is 2.36 bits per heavy atom. The summed E-state index contributed by atoms with van der Waals surface area (Å²) >= 11 is 0. The second kappa shape index (κ2) is 3.88. The predicted octanol–water partition coefficient (Wildman–Crippen LogP) is 1.35. The van der Waals surface area contributed by atoms with Crippen molar-refractivity contribution in [2.45, 2.75) is 12.3 Å². The maximum absolute atomic E-state index is 5.77. The maximum Gasteiger partial charge on any atom is 0.122 e. The molecule has 1 heterocycles. The van der Waals surface area contributed by atoms with Gasteiger partial charge in [-0.15, -0.1) is 0 Å². The zero-order valence-corrected chi connectivity index (χ0v) is 8.42. The van der Waals surface area contributed by atoms with Gasteiger partial charge in [-0.25, -0.2) is 0 Å². The van der Waals surface area contributed by atoms with Gasteiger partial charge in [0, 0.05) is 23.7 Å². The molecule has 0 saturated carbocycles. The summed E-state index contributed by atoms with van der Waals surface area (Å²) in [7, 11) is 1.71. The molecule has 3 heteroatoms. The van der Waals surface area contributed by atoms with Gasteiger partial charge in [-0.2, -0.15) is 0 Å². The first-order chi connectivity index (χ1) is 6.81. The molecule has 1 fully saturated rings. The molecule has 1 saturated heterocycles. The highest BCUT2D eigenvalue weighted by atomic mass is 16.5. The van der Waals surface area contributed by atoms with Crippen molar-refractivity contribution in [1.82, 2.24) is 5.32 Å². The quantitative estimate of drug-likeness (QED) is 0.695. The van der Waals surface area contributed by atoms with E-state index in [-0.39, 0.29) is 0 Å². The lowest BCUT2D eigenvalue weighted by molar-refractivity contribution is 0.406. The smallest absolute Gasteiger partial charge is 0.122 e. The molecular weight excluding hydrogens is 176 g/mol. The molecule has 76 valence electrons. The van der Waals surface area contributed by atoms with E-state index >= 15 is 0 Å². The highest BCUT2D eigenvalue weighted by Gasteiger charge is 2.20. The number of rotatable bonds is 2. The van der Waals surface area contributed by atoms with Crippen molar-refractivity contribution in [2.24, 2.45) is 0 Å². The lowest BCUT2D eigenvalue weighted by Gasteiger charge is -2.14. The number of nitrogens with two attached hydrogens (primary N) is 1. The molecule has 1 aliphatic heterocycles. The minimum Gasteiger partial charge on any atom is -0.496 e. The van der Waals surface area contributed by atoms with Crippen molar-refractivity contribution >= 4 is 5.69 Å². The molecule has 3 N–H and O–H groups in total. The number of nitrogen functional groups attached to an aromatic ring is 1. The summed E-state index contributed by atoms with van der Waals surface area (Å²) in [6.07, 6.45) is 1.17. The molecule has 2 rings (SSSR count). The largest absolute Gasteiger partial charge is 0.496 e. The van der Waals surface area contributed by atoms with Crippen molar-refractivity contribution < 1.29 is 4.74 Å².